The summed E-state index contributed by atoms with van der Waals surface area (Å²) in [6, 6.07) is 26.5. The Balaban J connectivity index is 1.76. The first-order valence-corrected chi connectivity index (χ1v) is 7.94. The van der Waals surface area contributed by atoms with Crippen molar-refractivity contribution in [3.05, 3.63) is 96.2 Å². The molecule has 0 aliphatic rings. The highest BCUT2D eigenvalue weighted by Gasteiger charge is 2.06. The third-order valence-electron chi connectivity index (χ3n) is 3.95. The van der Waals surface area contributed by atoms with Gasteiger partial charge in [-0.1, -0.05) is 84.9 Å². The number of fused-ring (bicyclic) bond motifs is 1. The Morgan fingerprint density at radius 1 is 0.667 bits per heavy atom. The van der Waals surface area contributed by atoms with E-state index >= 15 is 0 Å². The number of hydrogen-bond acceptors (Lipinski definition) is 2. The molecule has 0 spiro atoms. The summed E-state index contributed by atoms with van der Waals surface area (Å²) in [5, 5.41) is 1.05. The molecule has 0 bridgehead atoms. The van der Waals surface area contributed by atoms with Crippen molar-refractivity contribution in [3.8, 4) is 11.4 Å². The molecule has 4 rings (SSSR count). The summed E-state index contributed by atoms with van der Waals surface area (Å²) >= 11 is 0. The molecule has 2 heteroatoms. The minimum absolute atomic E-state index is 0.752. The molecule has 0 atom stereocenters. The van der Waals surface area contributed by atoms with Crippen LogP contribution in [0.5, 0.6) is 0 Å². The highest BCUT2D eigenvalue weighted by atomic mass is 14.9. The van der Waals surface area contributed by atoms with Gasteiger partial charge in [0.05, 0.1) is 5.52 Å². The molecule has 114 valence electrons. The highest BCUT2D eigenvalue weighted by molar-refractivity contribution is 5.82. The van der Waals surface area contributed by atoms with Crippen molar-refractivity contribution >= 4 is 23.1 Å². The molecule has 0 saturated carbocycles. The van der Waals surface area contributed by atoms with E-state index in [-0.39, 0.29) is 0 Å². The van der Waals surface area contributed by atoms with E-state index in [0.717, 1.165) is 27.9 Å². The lowest BCUT2D eigenvalue weighted by atomic mass is 10.0. The summed E-state index contributed by atoms with van der Waals surface area (Å²) in [6.45, 7) is 0. The molecule has 24 heavy (non-hydrogen) atoms. The van der Waals surface area contributed by atoms with Crippen LogP contribution in [0.2, 0.25) is 0 Å². The molecule has 0 amide bonds. The standard InChI is InChI=1S/C22H16N2/c1-2-8-17(9-3-1)14-15-18-10-4-6-12-20(18)22-23-16-19-11-5-7-13-21(19)24-22/h1-16H. The molecule has 2 nitrogen and oxygen atoms in total. The van der Waals surface area contributed by atoms with E-state index in [1.54, 1.807) is 0 Å². The molecule has 0 aliphatic heterocycles. The van der Waals surface area contributed by atoms with Gasteiger partial charge in [-0.05, 0) is 17.2 Å². The zero-order valence-corrected chi connectivity index (χ0v) is 13.1. The smallest absolute Gasteiger partial charge is 0.160 e. The van der Waals surface area contributed by atoms with Crippen LogP contribution in [0.25, 0.3) is 34.4 Å². The quantitative estimate of drug-likeness (QED) is 0.469. The maximum Gasteiger partial charge on any atom is 0.160 e. The van der Waals surface area contributed by atoms with Crippen LogP contribution in [-0.4, -0.2) is 9.97 Å². The van der Waals surface area contributed by atoms with E-state index in [0.29, 0.717) is 0 Å². The average molecular weight is 308 g/mol. The van der Waals surface area contributed by atoms with E-state index < -0.39 is 0 Å². The van der Waals surface area contributed by atoms with Gasteiger partial charge in [0.15, 0.2) is 5.82 Å². The predicted octanol–water partition coefficient (Wildman–Crippen LogP) is 5.47. The molecular weight excluding hydrogens is 292 g/mol. The van der Waals surface area contributed by atoms with E-state index in [1.165, 1.54) is 5.56 Å². The fourth-order valence-corrected chi connectivity index (χ4v) is 2.70. The Hall–Kier alpha value is -3.26. The second kappa shape index (κ2) is 6.47. The summed E-state index contributed by atoms with van der Waals surface area (Å²) in [5.74, 6) is 0.752. The van der Waals surface area contributed by atoms with Crippen LogP contribution in [-0.2, 0) is 0 Å². The van der Waals surface area contributed by atoms with Gasteiger partial charge in [-0.15, -0.1) is 0 Å². The Bertz CT molecular complexity index is 1000. The van der Waals surface area contributed by atoms with Gasteiger partial charge in [0, 0.05) is 17.1 Å². The molecule has 0 saturated heterocycles. The van der Waals surface area contributed by atoms with E-state index in [2.05, 4.69) is 41.4 Å². The van der Waals surface area contributed by atoms with E-state index in [4.69, 9.17) is 4.98 Å². The predicted molar refractivity (Wildman–Crippen MR) is 100 cm³/mol. The number of aromatic nitrogens is 2. The van der Waals surface area contributed by atoms with Gasteiger partial charge < -0.3 is 0 Å². The van der Waals surface area contributed by atoms with Gasteiger partial charge in [-0.3, -0.25) is 0 Å². The first-order valence-electron chi connectivity index (χ1n) is 7.94. The van der Waals surface area contributed by atoms with Crippen molar-refractivity contribution in [2.75, 3.05) is 0 Å². The van der Waals surface area contributed by atoms with Crippen molar-refractivity contribution in [3.63, 3.8) is 0 Å². The highest BCUT2D eigenvalue weighted by Crippen LogP contribution is 2.24. The largest absolute Gasteiger partial charge is 0.236 e. The van der Waals surface area contributed by atoms with Gasteiger partial charge in [-0.25, -0.2) is 9.97 Å². The number of rotatable bonds is 3. The Kier molecular flexibility index (Phi) is 3.86. The minimum Gasteiger partial charge on any atom is -0.236 e. The molecule has 0 unspecified atom stereocenters. The molecule has 1 aromatic heterocycles. The molecule has 0 N–H and O–H groups in total. The van der Waals surface area contributed by atoms with Crippen molar-refractivity contribution in [1.29, 1.82) is 0 Å². The van der Waals surface area contributed by atoms with Crippen molar-refractivity contribution < 1.29 is 0 Å². The second-order valence-corrected chi connectivity index (χ2v) is 5.58. The molecule has 4 aromatic rings. The number of nitrogens with zero attached hydrogens (tertiary/aromatic N) is 2. The maximum absolute atomic E-state index is 4.72. The summed E-state index contributed by atoms with van der Waals surface area (Å²) in [6.07, 6.45) is 6.11. The third-order valence-corrected chi connectivity index (χ3v) is 3.95. The molecule has 1 heterocycles. The zero-order valence-electron chi connectivity index (χ0n) is 13.1. The Morgan fingerprint density at radius 2 is 1.42 bits per heavy atom. The Morgan fingerprint density at radius 3 is 2.33 bits per heavy atom. The SMILES string of the molecule is C(=Cc1ccccc1-c1ncc2ccccc2n1)c1ccccc1. The number of hydrogen-bond donors (Lipinski definition) is 0. The second-order valence-electron chi connectivity index (χ2n) is 5.58. The van der Waals surface area contributed by atoms with Crippen molar-refractivity contribution in [2.45, 2.75) is 0 Å². The summed E-state index contributed by atoms with van der Waals surface area (Å²) < 4.78 is 0. The monoisotopic (exact) mass is 308 g/mol. The van der Waals surface area contributed by atoms with Crippen LogP contribution >= 0.6 is 0 Å². The van der Waals surface area contributed by atoms with Gasteiger partial charge in [0.25, 0.3) is 0 Å². The van der Waals surface area contributed by atoms with Crippen LogP contribution in [0, 0.1) is 0 Å². The lowest BCUT2D eigenvalue weighted by molar-refractivity contribution is 1.22. The van der Waals surface area contributed by atoms with Crippen LogP contribution in [0.3, 0.4) is 0 Å². The molecule has 0 radical (unpaired) electrons. The maximum atomic E-state index is 4.72. The zero-order chi connectivity index (χ0) is 16.2. The summed E-state index contributed by atoms with van der Waals surface area (Å²) in [7, 11) is 0. The van der Waals surface area contributed by atoms with Crippen LogP contribution in [0.1, 0.15) is 11.1 Å². The van der Waals surface area contributed by atoms with Crippen LogP contribution in [0.4, 0.5) is 0 Å². The van der Waals surface area contributed by atoms with E-state index in [1.807, 2.05) is 60.8 Å². The lowest BCUT2D eigenvalue weighted by Crippen LogP contribution is -1.92. The molecule has 0 aliphatic carbocycles. The fraction of sp³-hybridized carbons (Fsp3) is 0. The van der Waals surface area contributed by atoms with E-state index in [9.17, 15) is 0 Å². The first kappa shape index (κ1) is 14.3. The van der Waals surface area contributed by atoms with Crippen molar-refractivity contribution in [1.82, 2.24) is 9.97 Å². The van der Waals surface area contributed by atoms with Gasteiger partial charge >= 0.3 is 0 Å². The first-order chi connectivity index (χ1) is 11.9. The van der Waals surface area contributed by atoms with Crippen molar-refractivity contribution in [2.24, 2.45) is 0 Å². The van der Waals surface area contributed by atoms with Crippen LogP contribution in [0.15, 0.2) is 85.1 Å². The summed E-state index contributed by atoms with van der Waals surface area (Å²) in [5.41, 5.74) is 4.28. The number of para-hydroxylation sites is 1. The van der Waals surface area contributed by atoms with Gasteiger partial charge in [0.2, 0.25) is 0 Å². The summed E-state index contributed by atoms with van der Waals surface area (Å²) in [4.78, 5) is 9.26. The molecular formula is C22H16N2. The molecule has 3 aromatic carbocycles. The normalized spacial score (nSPS) is 11.2. The topological polar surface area (TPSA) is 25.8 Å². The van der Waals surface area contributed by atoms with Gasteiger partial charge in [0.1, 0.15) is 0 Å². The Labute approximate surface area is 141 Å². The fourth-order valence-electron chi connectivity index (χ4n) is 2.70. The molecule has 0 fully saturated rings. The number of benzene rings is 3. The average Bonchev–Trinajstić information content (AvgIpc) is 2.67. The third kappa shape index (κ3) is 2.95. The minimum atomic E-state index is 0.752. The van der Waals surface area contributed by atoms with Crippen LogP contribution < -0.4 is 0 Å². The van der Waals surface area contributed by atoms with Gasteiger partial charge in [-0.2, -0.15) is 0 Å². The lowest BCUT2D eigenvalue weighted by Gasteiger charge is -2.06.